The number of benzene rings is 3. The van der Waals surface area contributed by atoms with Gasteiger partial charge >= 0.3 is 0 Å². The van der Waals surface area contributed by atoms with Crippen molar-refractivity contribution in [3.05, 3.63) is 97.1 Å². The fraction of sp³-hybridized carbons (Fsp3) is 0.148. The molecule has 164 valence electrons. The van der Waals surface area contributed by atoms with Crippen LogP contribution in [-0.4, -0.2) is 25.6 Å². The molecule has 6 nitrogen and oxygen atoms in total. The summed E-state index contributed by atoms with van der Waals surface area (Å²) in [6.45, 7) is 4.78. The fourth-order valence-corrected chi connectivity index (χ4v) is 3.84. The van der Waals surface area contributed by atoms with Crippen LogP contribution in [0.25, 0.3) is 22.3 Å². The zero-order valence-corrected chi connectivity index (χ0v) is 18.6. The van der Waals surface area contributed by atoms with Gasteiger partial charge in [-0.1, -0.05) is 36.4 Å². The summed E-state index contributed by atoms with van der Waals surface area (Å²) < 4.78 is 8.12. The van der Waals surface area contributed by atoms with Crippen molar-refractivity contribution in [2.75, 3.05) is 5.32 Å². The molecule has 0 unspecified atom stereocenters. The maximum atomic E-state index is 5.97. The minimum atomic E-state index is 0.0842. The van der Waals surface area contributed by atoms with E-state index < -0.39 is 0 Å². The Morgan fingerprint density at radius 1 is 0.879 bits per heavy atom. The van der Waals surface area contributed by atoms with Crippen molar-refractivity contribution in [1.29, 1.82) is 0 Å². The number of anilines is 2. The van der Waals surface area contributed by atoms with Crippen LogP contribution in [0.4, 0.5) is 11.5 Å². The topological polar surface area (TPSA) is 64.9 Å². The van der Waals surface area contributed by atoms with E-state index >= 15 is 0 Å². The molecular formula is C27H25N5O. The second kappa shape index (κ2) is 9.12. The first-order valence-electron chi connectivity index (χ1n) is 11.0. The van der Waals surface area contributed by atoms with Crippen LogP contribution >= 0.6 is 0 Å². The Morgan fingerprint density at radius 2 is 1.73 bits per heavy atom. The fourth-order valence-electron chi connectivity index (χ4n) is 3.84. The molecule has 2 aromatic heterocycles. The van der Waals surface area contributed by atoms with E-state index in [4.69, 9.17) is 4.74 Å². The number of ether oxygens (including phenoxy) is 1. The summed E-state index contributed by atoms with van der Waals surface area (Å²) in [5.41, 5.74) is 6.02. The van der Waals surface area contributed by atoms with Crippen LogP contribution in [0.1, 0.15) is 19.4 Å². The van der Waals surface area contributed by atoms with E-state index in [0.717, 1.165) is 46.1 Å². The molecule has 5 rings (SSSR count). The second-order valence-corrected chi connectivity index (χ2v) is 8.14. The predicted molar refractivity (Wildman–Crippen MR) is 132 cm³/mol. The van der Waals surface area contributed by atoms with Gasteiger partial charge < -0.3 is 14.6 Å². The van der Waals surface area contributed by atoms with E-state index in [0.29, 0.717) is 0 Å². The molecule has 0 atom stereocenters. The van der Waals surface area contributed by atoms with Gasteiger partial charge in [-0.05, 0) is 55.8 Å². The Kier molecular flexibility index (Phi) is 5.72. The van der Waals surface area contributed by atoms with Gasteiger partial charge in [0.25, 0.3) is 0 Å². The lowest BCUT2D eigenvalue weighted by molar-refractivity contribution is 0.243. The van der Waals surface area contributed by atoms with E-state index in [1.54, 1.807) is 6.33 Å². The summed E-state index contributed by atoms with van der Waals surface area (Å²) in [7, 11) is 0. The van der Waals surface area contributed by atoms with Crippen molar-refractivity contribution in [3.8, 4) is 17.0 Å². The molecule has 0 aliphatic rings. The van der Waals surface area contributed by atoms with E-state index in [9.17, 15) is 0 Å². The molecule has 0 bridgehead atoms. The number of hydrogen-bond donors (Lipinski definition) is 1. The highest BCUT2D eigenvalue weighted by molar-refractivity contribution is 5.75. The predicted octanol–water partition coefficient (Wildman–Crippen LogP) is 6.07. The third-order valence-electron chi connectivity index (χ3n) is 5.27. The first-order valence-corrected chi connectivity index (χ1v) is 11.0. The summed E-state index contributed by atoms with van der Waals surface area (Å²) in [5, 5.41) is 3.41. The van der Waals surface area contributed by atoms with Crippen LogP contribution in [0.15, 0.2) is 91.5 Å². The molecule has 3 aromatic carbocycles. The number of nitrogens with zero attached hydrogens (tertiary/aromatic N) is 4. The SMILES string of the molecule is CC(C)Oc1ccccc1-c1cc(Nc2cccc(Cn3cnc4ccccc43)c2)ncn1. The molecular weight excluding hydrogens is 410 g/mol. The Morgan fingerprint density at radius 3 is 2.64 bits per heavy atom. The van der Waals surface area contributed by atoms with Gasteiger partial charge in [0.2, 0.25) is 0 Å². The highest BCUT2D eigenvalue weighted by atomic mass is 16.5. The van der Waals surface area contributed by atoms with Crippen molar-refractivity contribution in [1.82, 2.24) is 19.5 Å². The van der Waals surface area contributed by atoms with Gasteiger partial charge in [0.05, 0.1) is 29.2 Å². The third-order valence-corrected chi connectivity index (χ3v) is 5.27. The van der Waals surface area contributed by atoms with Crippen LogP contribution in [0.2, 0.25) is 0 Å². The van der Waals surface area contributed by atoms with Crippen molar-refractivity contribution in [2.24, 2.45) is 0 Å². The van der Waals surface area contributed by atoms with Crippen LogP contribution in [0.3, 0.4) is 0 Å². The maximum absolute atomic E-state index is 5.97. The zero-order valence-electron chi connectivity index (χ0n) is 18.6. The molecule has 6 heteroatoms. The Hall–Kier alpha value is -4.19. The molecule has 0 aliphatic carbocycles. The second-order valence-electron chi connectivity index (χ2n) is 8.14. The minimum Gasteiger partial charge on any atom is -0.490 e. The van der Waals surface area contributed by atoms with Gasteiger partial charge in [-0.2, -0.15) is 0 Å². The van der Waals surface area contributed by atoms with E-state index in [1.807, 2.05) is 80.8 Å². The first-order chi connectivity index (χ1) is 16.2. The molecule has 0 spiro atoms. The van der Waals surface area contributed by atoms with Crippen LogP contribution in [0.5, 0.6) is 5.75 Å². The summed E-state index contributed by atoms with van der Waals surface area (Å²) in [6, 6.07) is 26.4. The number of hydrogen-bond acceptors (Lipinski definition) is 5. The zero-order chi connectivity index (χ0) is 22.6. The highest BCUT2D eigenvalue weighted by Crippen LogP contribution is 2.30. The number of rotatable bonds is 7. The summed E-state index contributed by atoms with van der Waals surface area (Å²) in [5.74, 6) is 1.54. The van der Waals surface area contributed by atoms with Crippen molar-refractivity contribution >= 4 is 22.5 Å². The molecule has 5 aromatic rings. The average molecular weight is 436 g/mol. The maximum Gasteiger partial charge on any atom is 0.134 e. The lowest BCUT2D eigenvalue weighted by Crippen LogP contribution is -2.06. The van der Waals surface area contributed by atoms with Crippen molar-refractivity contribution < 1.29 is 4.74 Å². The smallest absolute Gasteiger partial charge is 0.134 e. The lowest BCUT2D eigenvalue weighted by atomic mass is 10.1. The van der Waals surface area contributed by atoms with Gasteiger partial charge in [0.15, 0.2) is 0 Å². The Balaban J connectivity index is 1.38. The Labute approximate surface area is 192 Å². The monoisotopic (exact) mass is 435 g/mol. The average Bonchev–Trinajstić information content (AvgIpc) is 3.22. The van der Waals surface area contributed by atoms with Crippen LogP contribution in [0, 0.1) is 0 Å². The molecule has 0 aliphatic heterocycles. The Bertz CT molecular complexity index is 1390. The van der Waals surface area contributed by atoms with Crippen LogP contribution in [-0.2, 0) is 6.54 Å². The van der Waals surface area contributed by atoms with E-state index in [1.165, 1.54) is 5.56 Å². The molecule has 0 saturated heterocycles. The van der Waals surface area contributed by atoms with Gasteiger partial charge in [-0.3, -0.25) is 0 Å². The molecule has 33 heavy (non-hydrogen) atoms. The number of nitrogens with one attached hydrogen (secondary N) is 1. The number of aromatic nitrogens is 4. The van der Waals surface area contributed by atoms with Gasteiger partial charge in [0, 0.05) is 23.9 Å². The highest BCUT2D eigenvalue weighted by Gasteiger charge is 2.10. The normalized spacial score (nSPS) is 11.1. The molecule has 0 radical (unpaired) electrons. The number of imidazole rings is 1. The summed E-state index contributed by atoms with van der Waals surface area (Å²) in [6.07, 6.45) is 3.55. The van der Waals surface area contributed by atoms with E-state index in [-0.39, 0.29) is 6.10 Å². The quantitative estimate of drug-likeness (QED) is 0.336. The number of fused-ring (bicyclic) bond motifs is 1. The molecule has 1 N–H and O–H groups in total. The van der Waals surface area contributed by atoms with Crippen molar-refractivity contribution in [2.45, 2.75) is 26.5 Å². The van der Waals surface area contributed by atoms with Gasteiger partial charge in [-0.25, -0.2) is 15.0 Å². The molecule has 0 saturated carbocycles. The minimum absolute atomic E-state index is 0.0842. The largest absolute Gasteiger partial charge is 0.490 e. The third kappa shape index (κ3) is 4.70. The number of para-hydroxylation sites is 3. The van der Waals surface area contributed by atoms with Gasteiger partial charge in [0.1, 0.15) is 17.9 Å². The van der Waals surface area contributed by atoms with E-state index in [2.05, 4.69) is 43.0 Å². The van der Waals surface area contributed by atoms with Crippen LogP contribution < -0.4 is 10.1 Å². The molecule has 0 amide bonds. The summed E-state index contributed by atoms with van der Waals surface area (Å²) >= 11 is 0. The van der Waals surface area contributed by atoms with Crippen molar-refractivity contribution in [3.63, 3.8) is 0 Å². The van der Waals surface area contributed by atoms with Gasteiger partial charge in [-0.15, -0.1) is 0 Å². The first kappa shape index (κ1) is 20.7. The lowest BCUT2D eigenvalue weighted by Gasteiger charge is -2.14. The standard InChI is InChI=1S/C27H25N5O/c1-19(2)33-26-13-6-3-10-22(26)24-15-27(29-17-28-24)31-21-9-7-8-20(14-21)16-32-18-30-23-11-4-5-12-25(23)32/h3-15,17-19H,16H2,1-2H3,(H,28,29,31). The molecule has 0 fully saturated rings. The summed E-state index contributed by atoms with van der Waals surface area (Å²) in [4.78, 5) is 13.4. The molecule has 2 heterocycles.